The molecule has 1 heterocycles. The fourth-order valence-corrected chi connectivity index (χ4v) is 3.31. The monoisotopic (exact) mass is 298 g/mol. The summed E-state index contributed by atoms with van der Waals surface area (Å²) in [6.07, 6.45) is 17.3. The smallest absolute Gasteiger partial charge is 0.0856 e. The van der Waals surface area contributed by atoms with Crippen molar-refractivity contribution in [3.63, 3.8) is 0 Å². The fraction of sp³-hybridized carbons (Fsp3) is 1.00. The zero-order valence-electron chi connectivity index (χ0n) is 14.2. The molecule has 0 unspecified atom stereocenters. The molecule has 0 saturated carbocycles. The van der Waals surface area contributed by atoms with Crippen LogP contribution in [0.1, 0.15) is 90.4 Å². The Balaban J connectivity index is 1.77. The van der Waals surface area contributed by atoms with Gasteiger partial charge in [-0.15, -0.1) is 0 Å². The van der Waals surface area contributed by atoms with Gasteiger partial charge < -0.3 is 16.2 Å². The maximum absolute atomic E-state index is 9.85. The Bertz CT molecular complexity index is 235. The number of hydrogen-bond donors (Lipinski definition) is 3. The minimum Gasteiger partial charge on any atom is -0.390 e. The normalized spacial score (nSPS) is 25.6. The van der Waals surface area contributed by atoms with E-state index in [1.807, 2.05) is 0 Å². The van der Waals surface area contributed by atoms with Crippen molar-refractivity contribution in [2.75, 3.05) is 6.54 Å². The lowest BCUT2D eigenvalue weighted by atomic mass is 10.0. The lowest BCUT2D eigenvalue weighted by molar-refractivity contribution is 0.139. The highest BCUT2D eigenvalue weighted by Crippen LogP contribution is 2.16. The van der Waals surface area contributed by atoms with Crippen LogP contribution < -0.4 is 11.1 Å². The largest absolute Gasteiger partial charge is 0.390 e. The average molecular weight is 299 g/mol. The van der Waals surface area contributed by atoms with E-state index < -0.39 is 0 Å². The lowest BCUT2D eigenvalue weighted by Gasteiger charge is -2.16. The predicted octanol–water partition coefficient (Wildman–Crippen LogP) is 3.74. The van der Waals surface area contributed by atoms with Gasteiger partial charge in [-0.25, -0.2) is 0 Å². The maximum atomic E-state index is 9.85. The standard InChI is InChI=1S/C18H38N2O/c1-2-3-4-5-6-7-8-9-10-11-12-13-14-17-18(21)16(19)15-20-17/h16-18,20-21H,2-15,19H2,1H3/t16-,17-,18+/m1/s1. The molecule has 0 amide bonds. The number of nitrogens with two attached hydrogens (primary N) is 1. The van der Waals surface area contributed by atoms with Crippen molar-refractivity contribution >= 4 is 0 Å². The van der Waals surface area contributed by atoms with Crippen LogP contribution in [0.2, 0.25) is 0 Å². The summed E-state index contributed by atoms with van der Waals surface area (Å²) in [7, 11) is 0. The first-order chi connectivity index (χ1) is 10.3. The van der Waals surface area contributed by atoms with Crippen LogP contribution in [0.25, 0.3) is 0 Å². The van der Waals surface area contributed by atoms with E-state index in [1.54, 1.807) is 0 Å². The second-order valence-electron chi connectivity index (χ2n) is 6.85. The van der Waals surface area contributed by atoms with Crippen molar-refractivity contribution in [2.45, 2.75) is 109 Å². The quantitative estimate of drug-likeness (QED) is 0.454. The van der Waals surface area contributed by atoms with E-state index in [4.69, 9.17) is 5.73 Å². The van der Waals surface area contributed by atoms with Crippen molar-refractivity contribution in [3.05, 3.63) is 0 Å². The Morgan fingerprint density at radius 2 is 1.33 bits per heavy atom. The molecule has 0 radical (unpaired) electrons. The molecule has 1 rings (SSSR count). The van der Waals surface area contributed by atoms with E-state index in [2.05, 4.69) is 12.2 Å². The minimum atomic E-state index is -0.335. The van der Waals surface area contributed by atoms with E-state index in [9.17, 15) is 5.11 Å². The van der Waals surface area contributed by atoms with Gasteiger partial charge in [0, 0.05) is 18.6 Å². The molecule has 3 nitrogen and oxygen atoms in total. The molecule has 1 aliphatic rings. The molecular weight excluding hydrogens is 260 g/mol. The van der Waals surface area contributed by atoms with Gasteiger partial charge in [0.2, 0.25) is 0 Å². The van der Waals surface area contributed by atoms with E-state index in [-0.39, 0.29) is 18.2 Å². The van der Waals surface area contributed by atoms with Gasteiger partial charge in [0.25, 0.3) is 0 Å². The second-order valence-corrected chi connectivity index (χ2v) is 6.85. The SMILES string of the molecule is CCCCCCCCCCCCCC[C@H]1NC[C@@H](N)[C@@H]1O. The molecule has 21 heavy (non-hydrogen) atoms. The summed E-state index contributed by atoms with van der Waals surface area (Å²) < 4.78 is 0. The van der Waals surface area contributed by atoms with Crippen molar-refractivity contribution in [3.8, 4) is 0 Å². The zero-order valence-corrected chi connectivity index (χ0v) is 14.2. The fourth-order valence-electron chi connectivity index (χ4n) is 3.31. The number of rotatable bonds is 13. The molecule has 0 aromatic heterocycles. The first kappa shape index (κ1) is 18.9. The number of unbranched alkanes of at least 4 members (excludes halogenated alkanes) is 11. The van der Waals surface area contributed by atoms with Crippen LogP contribution >= 0.6 is 0 Å². The molecule has 1 saturated heterocycles. The van der Waals surface area contributed by atoms with Gasteiger partial charge in [-0.1, -0.05) is 84.0 Å². The summed E-state index contributed by atoms with van der Waals surface area (Å²) in [6.45, 7) is 3.04. The number of aliphatic hydroxyl groups is 1. The minimum absolute atomic E-state index is 0.0627. The van der Waals surface area contributed by atoms with Crippen LogP contribution in [0.15, 0.2) is 0 Å². The summed E-state index contributed by atoms with van der Waals surface area (Å²) in [5.41, 5.74) is 5.79. The van der Waals surface area contributed by atoms with Gasteiger partial charge in [-0.05, 0) is 6.42 Å². The molecule has 0 aromatic rings. The Morgan fingerprint density at radius 3 is 1.76 bits per heavy atom. The summed E-state index contributed by atoms with van der Waals surface area (Å²) in [5, 5.41) is 13.2. The summed E-state index contributed by atoms with van der Waals surface area (Å²) >= 11 is 0. The summed E-state index contributed by atoms with van der Waals surface area (Å²) in [4.78, 5) is 0. The van der Waals surface area contributed by atoms with Gasteiger partial charge in [0.05, 0.1) is 6.10 Å². The number of nitrogens with one attached hydrogen (secondary N) is 1. The van der Waals surface area contributed by atoms with Crippen LogP contribution in [-0.4, -0.2) is 29.8 Å². The van der Waals surface area contributed by atoms with E-state index in [0.717, 1.165) is 13.0 Å². The summed E-state index contributed by atoms with van der Waals surface area (Å²) in [6, 6.07) is 0.176. The molecule has 0 aliphatic carbocycles. The van der Waals surface area contributed by atoms with Crippen LogP contribution in [0, 0.1) is 0 Å². The second kappa shape index (κ2) is 12.4. The molecule has 1 fully saturated rings. The van der Waals surface area contributed by atoms with Crippen molar-refractivity contribution in [1.82, 2.24) is 5.32 Å². The summed E-state index contributed by atoms with van der Waals surface area (Å²) in [5.74, 6) is 0. The van der Waals surface area contributed by atoms with E-state index >= 15 is 0 Å². The Kier molecular flexibility index (Phi) is 11.2. The van der Waals surface area contributed by atoms with Crippen LogP contribution in [0.5, 0.6) is 0 Å². The first-order valence-electron chi connectivity index (χ1n) is 9.42. The Morgan fingerprint density at radius 1 is 0.857 bits per heavy atom. The lowest BCUT2D eigenvalue weighted by Crippen LogP contribution is -2.37. The Hall–Kier alpha value is -0.120. The van der Waals surface area contributed by atoms with Gasteiger partial charge in [0.1, 0.15) is 0 Å². The molecule has 3 atom stereocenters. The highest BCUT2D eigenvalue weighted by molar-refractivity contribution is 4.92. The molecule has 4 N–H and O–H groups in total. The third-order valence-corrected chi connectivity index (χ3v) is 4.84. The predicted molar refractivity (Wildman–Crippen MR) is 91.5 cm³/mol. The van der Waals surface area contributed by atoms with Gasteiger partial charge in [-0.2, -0.15) is 0 Å². The van der Waals surface area contributed by atoms with Crippen LogP contribution in [0.4, 0.5) is 0 Å². The highest BCUT2D eigenvalue weighted by atomic mass is 16.3. The molecule has 126 valence electrons. The van der Waals surface area contributed by atoms with Gasteiger partial charge in [-0.3, -0.25) is 0 Å². The zero-order chi connectivity index (χ0) is 15.3. The third kappa shape index (κ3) is 8.80. The molecule has 0 aromatic carbocycles. The first-order valence-corrected chi connectivity index (χ1v) is 9.42. The maximum Gasteiger partial charge on any atom is 0.0856 e. The average Bonchev–Trinajstić information content (AvgIpc) is 2.80. The number of aliphatic hydroxyl groups excluding tert-OH is 1. The van der Waals surface area contributed by atoms with Crippen molar-refractivity contribution in [1.29, 1.82) is 0 Å². The van der Waals surface area contributed by atoms with E-state index in [1.165, 1.54) is 77.0 Å². The van der Waals surface area contributed by atoms with Crippen molar-refractivity contribution in [2.24, 2.45) is 5.73 Å². The Labute approximate surface area is 132 Å². The molecule has 0 bridgehead atoms. The molecule has 0 spiro atoms. The molecule has 3 heteroatoms. The van der Waals surface area contributed by atoms with Crippen LogP contribution in [-0.2, 0) is 0 Å². The molecular formula is C18H38N2O. The van der Waals surface area contributed by atoms with Crippen molar-refractivity contribution < 1.29 is 5.11 Å². The molecule has 1 aliphatic heterocycles. The van der Waals surface area contributed by atoms with E-state index in [0.29, 0.717) is 0 Å². The van der Waals surface area contributed by atoms with Gasteiger partial charge >= 0.3 is 0 Å². The third-order valence-electron chi connectivity index (χ3n) is 4.84. The number of hydrogen-bond acceptors (Lipinski definition) is 3. The topological polar surface area (TPSA) is 58.3 Å². The van der Waals surface area contributed by atoms with Gasteiger partial charge in [0.15, 0.2) is 0 Å². The van der Waals surface area contributed by atoms with Crippen LogP contribution in [0.3, 0.4) is 0 Å². The highest BCUT2D eigenvalue weighted by Gasteiger charge is 2.30.